The van der Waals surface area contributed by atoms with Crippen molar-refractivity contribution in [1.29, 1.82) is 0 Å². The van der Waals surface area contributed by atoms with Crippen molar-refractivity contribution in [2.75, 3.05) is 6.54 Å². The summed E-state index contributed by atoms with van der Waals surface area (Å²) in [5.41, 5.74) is 5.01. The number of rotatable bonds is 3. The molecule has 0 bridgehead atoms. The number of carbonyl (C=O) groups excluding carboxylic acids is 1. The zero-order chi connectivity index (χ0) is 10.8. The second-order valence-electron chi connectivity index (χ2n) is 3.83. The molecule has 1 rings (SSSR count). The van der Waals surface area contributed by atoms with Crippen molar-refractivity contribution in [2.45, 2.75) is 19.4 Å². The van der Waals surface area contributed by atoms with Crippen LogP contribution in [0, 0.1) is 0 Å². The molecular formula is C8H14N4O2. The van der Waals surface area contributed by atoms with E-state index in [0.29, 0.717) is 6.54 Å². The SMILES string of the molecule is CC(C)(N)CNC(=O)c1c[nH]c(=O)[nH]1. The number of hydrogen-bond acceptors (Lipinski definition) is 3. The first kappa shape index (κ1) is 10.5. The van der Waals surface area contributed by atoms with Gasteiger partial charge < -0.3 is 21.0 Å². The lowest BCUT2D eigenvalue weighted by Crippen LogP contribution is -2.45. The van der Waals surface area contributed by atoms with Crippen molar-refractivity contribution in [3.05, 3.63) is 22.4 Å². The van der Waals surface area contributed by atoms with Gasteiger partial charge >= 0.3 is 5.69 Å². The molecule has 0 radical (unpaired) electrons. The predicted molar refractivity (Wildman–Crippen MR) is 52.0 cm³/mol. The van der Waals surface area contributed by atoms with Gasteiger partial charge in [-0.05, 0) is 13.8 Å². The highest BCUT2D eigenvalue weighted by atomic mass is 16.2. The van der Waals surface area contributed by atoms with Crippen LogP contribution in [0.4, 0.5) is 0 Å². The maximum atomic E-state index is 11.3. The highest BCUT2D eigenvalue weighted by Gasteiger charge is 2.13. The van der Waals surface area contributed by atoms with Gasteiger partial charge in [-0.25, -0.2) is 4.79 Å². The Hall–Kier alpha value is -1.56. The molecular weight excluding hydrogens is 184 g/mol. The third-order valence-corrected chi connectivity index (χ3v) is 1.54. The van der Waals surface area contributed by atoms with Gasteiger partial charge in [-0.15, -0.1) is 0 Å². The number of aromatic nitrogens is 2. The minimum atomic E-state index is -0.466. The summed E-state index contributed by atoms with van der Waals surface area (Å²) in [7, 11) is 0. The standard InChI is InChI=1S/C8H14N4O2/c1-8(2,9)4-11-6(13)5-3-10-7(14)12-5/h3H,4,9H2,1-2H3,(H,11,13)(H2,10,12,14). The third-order valence-electron chi connectivity index (χ3n) is 1.54. The van der Waals surface area contributed by atoms with Gasteiger partial charge in [-0.3, -0.25) is 4.79 Å². The summed E-state index contributed by atoms with van der Waals surface area (Å²) in [5, 5.41) is 2.60. The predicted octanol–water partition coefficient (Wildman–Crippen LogP) is -0.830. The van der Waals surface area contributed by atoms with E-state index in [2.05, 4.69) is 15.3 Å². The van der Waals surface area contributed by atoms with E-state index in [1.165, 1.54) is 6.20 Å². The second-order valence-corrected chi connectivity index (χ2v) is 3.83. The van der Waals surface area contributed by atoms with Crippen LogP contribution in [0.2, 0.25) is 0 Å². The molecule has 1 aromatic rings. The first-order valence-corrected chi connectivity index (χ1v) is 4.23. The van der Waals surface area contributed by atoms with Gasteiger partial charge in [-0.2, -0.15) is 0 Å². The molecule has 0 saturated heterocycles. The Kier molecular flexibility index (Phi) is 2.76. The lowest BCUT2D eigenvalue weighted by atomic mass is 10.1. The Labute approximate surface area is 80.9 Å². The number of imidazole rings is 1. The Balaban J connectivity index is 2.56. The molecule has 0 atom stereocenters. The molecule has 1 heterocycles. The minimum Gasteiger partial charge on any atom is -0.349 e. The van der Waals surface area contributed by atoms with E-state index in [0.717, 1.165) is 0 Å². The molecule has 0 unspecified atom stereocenters. The molecule has 1 amide bonds. The third kappa shape index (κ3) is 3.06. The quantitative estimate of drug-likeness (QED) is 0.509. The molecule has 0 aliphatic carbocycles. The zero-order valence-corrected chi connectivity index (χ0v) is 8.18. The van der Waals surface area contributed by atoms with Crippen molar-refractivity contribution in [3.8, 4) is 0 Å². The van der Waals surface area contributed by atoms with Crippen LogP contribution in [0.1, 0.15) is 24.3 Å². The topological polar surface area (TPSA) is 104 Å². The number of nitrogens with one attached hydrogen (secondary N) is 3. The largest absolute Gasteiger partial charge is 0.349 e. The molecule has 78 valence electrons. The molecule has 0 saturated carbocycles. The Morgan fingerprint density at radius 2 is 2.29 bits per heavy atom. The summed E-state index contributed by atoms with van der Waals surface area (Å²) in [4.78, 5) is 26.7. The van der Waals surface area contributed by atoms with Gasteiger partial charge in [0.2, 0.25) is 0 Å². The summed E-state index contributed by atoms with van der Waals surface area (Å²) in [6.07, 6.45) is 1.32. The molecule has 0 aliphatic heterocycles. The Morgan fingerprint density at radius 1 is 1.64 bits per heavy atom. The molecule has 14 heavy (non-hydrogen) atoms. The fraction of sp³-hybridized carbons (Fsp3) is 0.500. The average molecular weight is 198 g/mol. The maximum Gasteiger partial charge on any atom is 0.323 e. The van der Waals surface area contributed by atoms with Crippen molar-refractivity contribution in [1.82, 2.24) is 15.3 Å². The molecule has 0 spiro atoms. The van der Waals surface area contributed by atoms with Gasteiger partial charge in [-0.1, -0.05) is 0 Å². The number of amides is 1. The number of carbonyl (C=O) groups is 1. The fourth-order valence-electron chi connectivity index (χ4n) is 0.858. The van der Waals surface area contributed by atoms with Crippen LogP contribution >= 0.6 is 0 Å². The van der Waals surface area contributed by atoms with Crippen LogP contribution < -0.4 is 16.7 Å². The normalized spacial score (nSPS) is 11.4. The van der Waals surface area contributed by atoms with Crippen LogP contribution in [-0.4, -0.2) is 28.0 Å². The summed E-state index contributed by atoms with van der Waals surface area (Å²) < 4.78 is 0. The molecule has 5 N–H and O–H groups in total. The Morgan fingerprint density at radius 3 is 2.71 bits per heavy atom. The molecule has 0 aromatic carbocycles. The van der Waals surface area contributed by atoms with Gasteiger partial charge in [0.15, 0.2) is 0 Å². The number of hydrogen-bond donors (Lipinski definition) is 4. The smallest absolute Gasteiger partial charge is 0.323 e. The maximum absolute atomic E-state index is 11.3. The summed E-state index contributed by atoms with van der Waals surface area (Å²) in [5.74, 6) is -0.345. The fourth-order valence-corrected chi connectivity index (χ4v) is 0.858. The zero-order valence-electron chi connectivity index (χ0n) is 8.18. The number of nitrogens with two attached hydrogens (primary N) is 1. The first-order valence-electron chi connectivity index (χ1n) is 4.23. The van der Waals surface area contributed by atoms with Gasteiger partial charge in [0, 0.05) is 18.3 Å². The average Bonchev–Trinajstić information content (AvgIpc) is 2.46. The van der Waals surface area contributed by atoms with E-state index >= 15 is 0 Å². The van der Waals surface area contributed by atoms with Crippen LogP contribution in [0.15, 0.2) is 11.0 Å². The van der Waals surface area contributed by atoms with E-state index < -0.39 is 11.2 Å². The molecule has 0 aliphatic rings. The molecule has 0 fully saturated rings. The van der Waals surface area contributed by atoms with E-state index in [4.69, 9.17) is 5.73 Å². The lowest BCUT2D eigenvalue weighted by molar-refractivity contribution is 0.0941. The van der Waals surface area contributed by atoms with Crippen molar-refractivity contribution < 1.29 is 4.79 Å². The molecule has 6 heteroatoms. The molecule has 1 aromatic heterocycles. The second kappa shape index (κ2) is 3.67. The van der Waals surface area contributed by atoms with Crippen molar-refractivity contribution in [2.24, 2.45) is 5.73 Å². The monoisotopic (exact) mass is 198 g/mol. The first-order chi connectivity index (χ1) is 6.38. The number of aromatic amines is 2. The van der Waals surface area contributed by atoms with Crippen molar-refractivity contribution in [3.63, 3.8) is 0 Å². The molecule has 6 nitrogen and oxygen atoms in total. The summed E-state index contributed by atoms with van der Waals surface area (Å²) in [6, 6.07) is 0. The lowest BCUT2D eigenvalue weighted by Gasteiger charge is -2.18. The minimum absolute atomic E-state index is 0.208. The van der Waals surface area contributed by atoms with Crippen molar-refractivity contribution >= 4 is 5.91 Å². The van der Waals surface area contributed by atoms with Crippen LogP contribution in [0.25, 0.3) is 0 Å². The van der Waals surface area contributed by atoms with E-state index in [1.54, 1.807) is 13.8 Å². The van der Waals surface area contributed by atoms with E-state index in [-0.39, 0.29) is 11.6 Å². The van der Waals surface area contributed by atoms with Gasteiger partial charge in [0.1, 0.15) is 5.69 Å². The Bertz CT molecular complexity index is 371. The van der Waals surface area contributed by atoms with E-state index in [1.807, 2.05) is 0 Å². The van der Waals surface area contributed by atoms with Crippen LogP contribution in [0.3, 0.4) is 0 Å². The van der Waals surface area contributed by atoms with Gasteiger partial charge in [0.25, 0.3) is 5.91 Å². The van der Waals surface area contributed by atoms with E-state index in [9.17, 15) is 9.59 Å². The summed E-state index contributed by atoms with van der Waals surface area (Å²) >= 11 is 0. The van der Waals surface area contributed by atoms with Gasteiger partial charge in [0.05, 0.1) is 0 Å². The van der Waals surface area contributed by atoms with Crippen LogP contribution in [-0.2, 0) is 0 Å². The van der Waals surface area contributed by atoms with Crippen LogP contribution in [0.5, 0.6) is 0 Å². The highest BCUT2D eigenvalue weighted by molar-refractivity contribution is 5.91. The number of H-pyrrole nitrogens is 2. The highest BCUT2D eigenvalue weighted by Crippen LogP contribution is 1.94. The summed E-state index contributed by atoms with van der Waals surface area (Å²) in [6.45, 7) is 3.94.